The number of hydrogen-bond donors (Lipinski definition) is 4. The third-order valence-corrected chi connectivity index (χ3v) is 12.0. The van der Waals surface area contributed by atoms with Crippen molar-refractivity contribution in [3.8, 4) is 5.75 Å². The molecule has 3 unspecified atom stereocenters. The molecule has 1 aromatic carbocycles. The summed E-state index contributed by atoms with van der Waals surface area (Å²) in [5.41, 5.74) is 6.35. The van der Waals surface area contributed by atoms with Crippen LogP contribution in [-0.4, -0.2) is 224 Å². The van der Waals surface area contributed by atoms with Crippen molar-refractivity contribution in [2.45, 2.75) is 104 Å². The van der Waals surface area contributed by atoms with E-state index in [-0.39, 0.29) is 31.3 Å². The molecule has 0 spiro atoms. The Morgan fingerprint density at radius 2 is 0.948 bits per heavy atom. The number of carboxylic acids is 1. The summed E-state index contributed by atoms with van der Waals surface area (Å²) in [6.45, 7) is 22.9. The van der Waals surface area contributed by atoms with Crippen molar-refractivity contribution in [2.75, 3.05) is 183 Å². The monoisotopic (exact) mass is 1120 g/mol. The average Bonchev–Trinajstić information content (AvgIpc) is 3.83. The molecule has 21 nitrogen and oxygen atoms in total. The second-order valence-corrected chi connectivity index (χ2v) is 18.6. The summed E-state index contributed by atoms with van der Waals surface area (Å²) < 4.78 is 71.0. The smallest absolute Gasteiger partial charge is 0.320 e. The van der Waals surface area contributed by atoms with Crippen LogP contribution in [0.25, 0.3) is 0 Å². The number of amides is 2. The fraction of sp³-hybridized carbons (Fsp3) is 0.818. The molecule has 0 saturated carbocycles. The van der Waals surface area contributed by atoms with Crippen LogP contribution in [0.15, 0.2) is 24.3 Å². The normalized spacial score (nSPS) is 14.3. The van der Waals surface area contributed by atoms with Crippen molar-refractivity contribution in [1.29, 1.82) is 0 Å². The number of hydrogen-bond acceptors (Lipinski definition) is 19. The molecule has 0 aromatic heterocycles. The predicted octanol–water partition coefficient (Wildman–Crippen LogP) is 4.95. The van der Waals surface area contributed by atoms with Gasteiger partial charge >= 0.3 is 5.97 Å². The Labute approximate surface area is 465 Å². The molecule has 0 radical (unpaired) electrons. The summed E-state index contributed by atoms with van der Waals surface area (Å²) in [5.74, 6) is 2.99. The highest BCUT2D eigenvalue weighted by atomic mass is 32.2. The number of aliphatic carboxylic acids is 1. The van der Waals surface area contributed by atoms with Crippen LogP contribution in [0.2, 0.25) is 0 Å². The number of ketones is 1. The van der Waals surface area contributed by atoms with Gasteiger partial charge in [0.15, 0.2) is 0 Å². The molecule has 1 saturated heterocycles. The number of rotatable bonds is 52. The lowest BCUT2D eigenvalue weighted by atomic mass is 10.1. The fourth-order valence-corrected chi connectivity index (χ4v) is 7.68. The predicted molar refractivity (Wildman–Crippen MR) is 297 cm³/mol. The minimum absolute atomic E-state index is 0.135. The average molecular weight is 1120 g/mol. The van der Waals surface area contributed by atoms with E-state index in [0.29, 0.717) is 188 Å². The Bertz CT molecular complexity index is 1490. The third kappa shape index (κ3) is 52.1. The summed E-state index contributed by atoms with van der Waals surface area (Å²) in [4.78, 5) is 44.6. The van der Waals surface area contributed by atoms with Gasteiger partial charge in [-0.3, -0.25) is 19.2 Å². The Kier molecular flexibility index (Phi) is 55.3. The van der Waals surface area contributed by atoms with Crippen LogP contribution in [0.5, 0.6) is 5.75 Å². The van der Waals surface area contributed by atoms with E-state index in [9.17, 15) is 19.2 Å². The topological polar surface area (TPSA) is 259 Å². The molecule has 2 amide bonds. The lowest BCUT2D eigenvalue weighted by molar-refractivity contribution is -0.138. The van der Waals surface area contributed by atoms with Crippen LogP contribution in [0.3, 0.4) is 0 Å². The zero-order valence-electron chi connectivity index (χ0n) is 47.6. The summed E-state index contributed by atoms with van der Waals surface area (Å²) in [6, 6.07) is 6.50. The summed E-state index contributed by atoms with van der Waals surface area (Å²) in [6.07, 6.45) is 6.87. The van der Waals surface area contributed by atoms with Gasteiger partial charge in [-0.05, 0) is 55.1 Å². The number of carboxylic acid groups (broad SMARTS) is 1. The Balaban J connectivity index is 0.00000238. The van der Waals surface area contributed by atoms with Gasteiger partial charge in [-0.2, -0.15) is 11.8 Å². The van der Waals surface area contributed by atoms with Gasteiger partial charge in [0, 0.05) is 44.1 Å². The fourth-order valence-electron chi connectivity index (χ4n) is 6.27. The van der Waals surface area contributed by atoms with E-state index in [2.05, 4.69) is 31.4 Å². The molecule has 0 bridgehead atoms. The van der Waals surface area contributed by atoms with Gasteiger partial charge in [0.05, 0.1) is 159 Å². The van der Waals surface area contributed by atoms with Gasteiger partial charge in [0.1, 0.15) is 24.2 Å². The minimum Gasteiger partial charge on any atom is -0.492 e. The van der Waals surface area contributed by atoms with E-state index in [0.717, 1.165) is 56.4 Å². The standard InChI is InChI=1S/C39H70N2O16.C8H15NOS.C8H16O/c1-2-9-45-12-14-47-16-18-49-20-22-51-24-26-53-28-30-55-32-33-56-31-29-54-27-25-52-23-21-50-19-17-48-15-13-46-10-7-38(42)41-8-11-57-36-5-3-35(4-6-36)34-37(40)39(43)44;1-3-8(10)9-7-5-11-4-6(7)2;1-3-5-7-8(9)6-4-2/h3-6,37H,2,7-34,40H2,1H3,(H,41,42)(H,43,44);6-7H,3-5H2,1-2H3,(H,9,10);3-7H2,1-2H3. The van der Waals surface area contributed by atoms with Gasteiger partial charge in [0.25, 0.3) is 0 Å². The van der Waals surface area contributed by atoms with Crippen molar-refractivity contribution < 1.29 is 85.9 Å². The lowest BCUT2D eigenvalue weighted by Crippen LogP contribution is -2.38. The molecule has 1 aliphatic heterocycles. The van der Waals surface area contributed by atoms with E-state index in [1.54, 1.807) is 24.3 Å². The number of thioether (sulfide) groups is 1. The second-order valence-electron chi connectivity index (χ2n) is 17.5. The molecular formula is C55H101N3O18S. The van der Waals surface area contributed by atoms with E-state index in [4.69, 9.17) is 72.4 Å². The summed E-state index contributed by atoms with van der Waals surface area (Å²) >= 11 is 1.93. The van der Waals surface area contributed by atoms with Crippen LogP contribution in [-0.2, 0) is 82.4 Å². The van der Waals surface area contributed by atoms with E-state index < -0.39 is 12.0 Å². The largest absolute Gasteiger partial charge is 0.492 e. The highest BCUT2D eigenvalue weighted by Gasteiger charge is 2.24. The van der Waals surface area contributed by atoms with Gasteiger partial charge in [-0.1, -0.05) is 53.2 Å². The molecule has 1 aliphatic rings. The number of nitrogens with one attached hydrogen (secondary N) is 2. The molecule has 2 rings (SSSR count). The zero-order chi connectivity index (χ0) is 56.5. The Morgan fingerprint density at radius 3 is 1.30 bits per heavy atom. The number of carbonyl (C=O) groups excluding carboxylic acids is 3. The number of ether oxygens (including phenoxy) is 13. The van der Waals surface area contributed by atoms with Crippen molar-refractivity contribution in [3.63, 3.8) is 0 Å². The number of carbonyl (C=O) groups is 4. The maximum atomic E-state index is 12.0. The van der Waals surface area contributed by atoms with Crippen molar-refractivity contribution in [3.05, 3.63) is 29.8 Å². The molecule has 5 N–H and O–H groups in total. The van der Waals surface area contributed by atoms with E-state index >= 15 is 0 Å². The minimum atomic E-state index is -1.04. The SMILES string of the molecule is CCC(=O)NC1CSCC1C.CCCCC(=O)CCC.CCCOCCOCCOCCOCCOCCOCCOCCOCCOCCOCCOCCOCCC(=O)NCCOc1ccc(CC(N)C(=O)O)cc1. The van der Waals surface area contributed by atoms with E-state index in [1.165, 1.54) is 5.75 Å². The second kappa shape index (κ2) is 57.6. The van der Waals surface area contributed by atoms with Crippen LogP contribution < -0.4 is 21.1 Å². The molecule has 77 heavy (non-hydrogen) atoms. The van der Waals surface area contributed by atoms with Crippen molar-refractivity contribution in [2.24, 2.45) is 11.7 Å². The maximum absolute atomic E-state index is 12.0. The quantitative estimate of drug-likeness (QED) is 0.0630. The highest BCUT2D eigenvalue weighted by Crippen LogP contribution is 2.23. The highest BCUT2D eigenvalue weighted by molar-refractivity contribution is 7.99. The third-order valence-electron chi connectivity index (χ3n) is 10.7. The summed E-state index contributed by atoms with van der Waals surface area (Å²) in [5, 5.41) is 14.7. The molecular weight excluding hydrogens is 1020 g/mol. The number of unbranched alkanes of at least 4 members (excludes halogenated alkanes) is 1. The van der Waals surface area contributed by atoms with Gasteiger partial charge in [-0.15, -0.1) is 0 Å². The Hall–Kier alpha value is -3.07. The van der Waals surface area contributed by atoms with Crippen LogP contribution in [0, 0.1) is 5.92 Å². The molecule has 0 aliphatic carbocycles. The molecule has 1 fully saturated rings. The van der Waals surface area contributed by atoms with Crippen molar-refractivity contribution in [1.82, 2.24) is 10.6 Å². The lowest BCUT2D eigenvalue weighted by Gasteiger charge is -2.15. The first kappa shape index (κ1) is 73.9. The van der Waals surface area contributed by atoms with Gasteiger partial charge in [0.2, 0.25) is 11.8 Å². The number of benzene rings is 1. The Morgan fingerprint density at radius 1 is 0.532 bits per heavy atom. The molecule has 1 aromatic rings. The maximum Gasteiger partial charge on any atom is 0.320 e. The molecule has 22 heteroatoms. The first-order valence-electron chi connectivity index (χ1n) is 27.9. The van der Waals surface area contributed by atoms with Crippen LogP contribution in [0.4, 0.5) is 0 Å². The van der Waals surface area contributed by atoms with Crippen molar-refractivity contribution >= 4 is 35.3 Å². The van der Waals surface area contributed by atoms with Gasteiger partial charge in [-0.25, -0.2) is 0 Å². The molecule has 3 atom stereocenters. The molecule has 1 heterocycles. The summed E-state index contributed by atoms with van der Waals surface area (Å²) in [7, 11) is 0. The first-order valence-corrected chi connectivity index (χ1v) is 29.0. The van der Waals surface area contributed by atoms with Crippen LogP contribution in [0.1, 0.15) is 91.5 Å². The van der Waals surface area contributed by atoms with Crippen LogP contribution >= 0.6 is 11.8 Å². The van der Waals surface area contributed by atoms with Gasteiger partial charge < -0.3 is 83.1 Å². The first-order chi connectivity index (χ1) is 37.6. The van der Waals surface area contributed by atoms with E-state index in [1.807, 2.05) is 25.6 Å². The number of Topliss-reactive ketones (excluding diaryl/α,β-unsaturated/α-hetero) is 1. The molecule has 450 valence electrons. The zero-order valence-corrected chi connectivity index (χ0v) is 48.4. The number of nitrogens with two attached hydrogens (primary N) is 1.